The number of unbranched alkanes of at least 4 members (excludes halogenated alkanes) is 1. The van der Waals surface area contributed by atoms with Crippen LogP contribution >= 0.6 is 0 Å². The number of amides is 1. The Balaban J connectivity index is 3.77. The average Bonchev–Trinajstić information content (AvgIpc) is 2.39. The topological polar surface area (TPSA) is 53.9 Å². The molecule has 0 atom stereocenters. The maximum Gasteiger partial charge on any atom is 0.406 e. The molecule has 0 aliphatic heterocycles. The van der Waals surface area contributed by atoms with Crippen molar-refractivity contribution in [3.8, 4) is 0 Å². The van der Waals surface area contributed by atoms with Gasteiger partial charge >= 0.3 is 6.09 Å². The summed E-state index contributed by atoms with van der Waals surface area (Å²) in [7, 11) is 1.37. The fourth-order valence-corrected chi connectivity index (χ4v) is 1.47. The normalized spacial score (nSPS) is 10.4. The molecule has 1 amide bonds. The standard InChI is InChI=1S/C13H25N3O2/c1-5-14-11-12(3)16(6-2)10-8-7-9-15-13(17)18-4/h11H,3,5-10H2,1-2,4H3,(H,15,17). The molecule has 0 bridgehead atoms. The molecule has 0 fully saturated rings. The number of aliphatic imine (C=N–C) groups is 1. The third-order valence-corrected chi connectivity index (χ3v) is 2.52. The van der Waals surface area contributed by atoms with Gasteiger partial charge in [-0.3, -0.25) is 4.99 Å². The lowest BCUT2D eigenvalue weighted by Gasteiger charge is -2.22. The number of rotatable bonds is 9. The Morgan fingerprint density at radius 3 is 2.72 bits per heavy atom. The van der Waals surface area contributed by atoms with E-state index in [1.807, 2.05) is 13.1 Å². The summed E-state index contributed by atoms with van der Waals surface area (Å²) in [5.41, 5.74) is 0.945. The molecular weight excluding hydrogens is 230 g/mol. The first-order valence-electron chi connectivity index (χ1n) is 6.41. The minimum Gasteiger partial charge on any atom is -0.453 e. The Morgan fingerprint density at radius 1 is 1.44 bits per heavy atom. The zero-order valence-electron chi connectivity index (χ0n) is 11.7. The molecule has 0 aliphatic rings. The summed E-state index contributed by atoms with van der Waals surface area (Å²) < 4.78 is 4.49. The van der Waals surface area contributed by atoms with Crippen molar-refractivity contribution in [2.45, 2.75) is 26.7 Å². The average molecular weight is 255 g/mol. The second-order valence-electron chi connectivity index (χ2n) is 3.82. The Bertz CT molecular complexity index is 277. The van der Waals surface area contributed by atoms with Gasteiger partial charge in [0.15, 0.2) is 0 Å². The zero-order chi connectivity index (χ0) is 13.8. The van der Waals surface area contributed by atoms with Crippen molar-refractivity contribution in [2.24, 2.45) is 4.99 Å². The zero-order valence-corrected chi connectivity index (χ0v) is 11.7. The van der Waals surface area contributed by atoms with Gasteiger partial charge in [0.25, 0.3) is 0 Å². The molecule has 0 aliphatic carbocycles. The van der Waals surface area contributed by atoms with Crippen LogP contribution in [-0.4, -0.2) is 50.5 Å². The number of ether oxygens (including phenoxy) is 1. The van der Waals surface area contributed by atoms with E-state index < -0.39 is 0 Å². The Morgan fingerprint density at radius 2 is 2.17 bits per heavy atom. The summed E-state index contributed by atoms with van der Waals surface area (Å²) in [6.07, 6.45) is 3.36. The summed E-state index contributed by atoms with van der Waals surface area (Å²) in [6, 6.07) is 0. The lowest BCUT2D eigenvalue weighted by Crippen LogP contribution is -2.27. The van der Waals surface area contributed by atoms with E-state index in [4.69, 9.17) is 0 Å². The number of allylic oxidation sites excluding steroid dienone is 1. The van der Waals surface area contributed by atoms with E-state index >= 15 is 0 Å². The van der Waals surface area contributed by atoms with Crippen LogP contribution in [0.2, 0.25) is 0 Å². The predicted octanol–water partition coefficient (Wildman–Crippen LogP) is 2.05. The van der Waals surface area contributed by atoms with Crippen LogP contribution < -0.4 is 5.32 Å². The monoisotopic (exact) mass is 255 g/mol. The van der Waals surface area contributed by atoms with Gasteiger partial charge in [0.1, 0.15) is 0 Å². The molecule has 0 saturated heterocycles. The summed E-state index contributed by atoms with van der Waals surface area (Å²) in [4.78, 5) is 17.2. The number of carbonyl (C=O) groups excluding carboxylic acids is 1. The minimum atomic E-state index is -0.373. The second-order valence-corrected chi connectivity index (χ2v) is 3.82. The van der Waals surface area contributed by atoms with Crippen molar-refractivity contribution in [1.29, 1.82) is 0 Å². The molecule has 0 spiro atoms. The highest BCUT2D eigenvalue weighted by molar-refractivity contribution is 5.76. The molecule has 1 N–H and O–H groups in total. The fraction of sp³-hybridized carbons (Fsp3) is 0.692. The molecule has 0 aromatic heterocycles. The largest absolute Gasteiger partial charge is 0.453 e. The summed E-state index contributed by atoms with van der Waals surface area (Å²) in [6.45, 7) is 11.3. The van der Waals surface area contributed by atoms with Gasteiger partial charge in [-0.1, -0.05) is 6.58 Å². The van der Waals surface area contributed by atoms with Crippen LogP contribution in [0.5, 0.6) is 0 Å². The number of nitrogens with one attached hydrogen (secondary N) is 1. The summed E-state index contributed by atoms with van der Waals surface area (Å²) in [5.74, 6) is 0. The highest BCUT2D eigenvalue weighted by atomic mass is 16.5. The minimum absolute atomic E-state index is 0.373. The van der Waals surface area contributed by atoms with Gasteiger partial charge in [-0.25, -0.2) is 4.79 Å². The van der Waals surface area contributed by atoms with Gasteiger partial charge in [0.2, 0.25) is 0 Å². The van der Waals surface area contributed by atoms with Gasteiger partial charge in [0, 0.05) is 38.1 Å². The molecule has 5 heteroatoms. The predicted molar refractivity (Wildman–Crippen MR) is 75.1 cm³/mol. The van der Waals surface area contributed by atoms with Gasteiger partial charge < -0.3 is 15.0 Å². The van der Waals surface area contributed by atoms with Crippen molar-refractivity contribution in [3.05, 3.63) is 12.3 Å². The van der Waals surface area contributed by atoms with Crippen LogP contribution in [0, 0.1) is 0 Å². The van der Waals surface area contributed by atoms with E-state index in [0.717, 1.165) is 38.2 Å². The van der Waals surface area contributed by atoms with E-state index in [0.29, 0.717) is 6.54 Å². The molecule has 104 valence electrons. The van der Waals surface area contributed by atoms with Crippen LogP contribution in [0.3, 0.4) is 0 Å². The Labute approximate surface area is 110 Å². The molecule has 0 saturated carbocycles. The van der Waals surface area contributed by atoms with E-state index in [2.05, 4.69) is 33.4 Å². The SMILES string of the molecule is C=C(C=NCC)N(CC)CCCCNC(=O)OC. The highest BCUT2D eigenvalue weighted by Crippen LogP contribution is 2.02. The van der Waals surface area contributed by atoms with Crippen LogP contribution in [0.15, 0.2) is 17.3 Å². The van der Waals surface area contributed by atoms with Crippen LogP contribution in [-0.2, 0) is 4.74 Å². The van der Waals surface area contributed by atoms with Crippen molar-refractivity contribution in [3.63, 3.8) is 0 Å². The molecule has 0 radical (unpaired) electrons. The van der Waals surface area contributed by atoms with Crippen LogP contribution in [0.1, 0.15) is 26.7 Å². The summed E-state index contributed by atoms with van der Waals surface area (Å²) in [5, 5.41) is 2.66. The number of alkyl carbamates (subject to hydrolysis) is 1. The Kier molecular flexibility index (Phi) is 9.73. The van der Waals surface area contributed by atoms with Gasteiger partial charge in [0.05, 0.1) is 7.11 Å². The van der Waals surface area contributed by atoms with Gasteiger partial charge in [-0.15, -0.1) is 0 Å². The fourth-order valence-electron chi connectivity index (χ4n) is 1.47. The summed E-state index contributed by atoms with van der Waals surface area (Å²) >= 11 is 0. The van der Waals surface area contributed by atoms with E-state index in [1.165, 1.54) is 7.11 Å². The first kappa shape index (κ1) is 16.5. The third kappa shape index (κ3) is 7.70. The van der Waals surface area contributed by atoms with E-state index in [1.54, 1.807) is 0 Å². The molecule has 5 nitrogen and oxygen atoms in total. The van der Waals surface area contributed by atoms with Crippen molar-refractivity contribution in [2.75, 3.05) is 33.3 Å². The van der Waals surface area contributed by atoms with Gasteiger partial charge in [-0.2, -0.15) is 0 Å². The van der Waals surface area contributed by atoms with E-state index in [-0.39, 0.29) is 6.09 Å². The van der Waals surface area contributed by atoms with Crippen LogP contribution in [0.25, 0.3) is 0 Å². The number of methoxy groups -OCH3 is 1. The smallest absolute Gasteiger partial charge is 0.406 e. The van der Waals surface area contributed by atoms with Crippen molar-refractivity contribution in [1.82, 2.24) is 10.2 Å². The quantitative estimate of drug-likeness (QED) is 0.507. The third-order valence-electron chi connectivity index (χ3n) is 2.52. The maximum absolute atomic E-state index is 10.8. The first-order chi connectivity index (χ1) is 8.65. The highest BCUT2D eigenvalue weighted by Gasteiger charge is 2.03. The molecule has 0 aromatic rings. The Hall–Kier alpha value is -1.52. The van der Waals surface area contributed by atoms with E-state index in [9.17, 15) is 4.79 Å². The van der Waals surface area contributed by atoms with Crippen molar-refractivity contribution >= 4 is 12.3 Å². The molecule has 0 rings (SSSR count). The number of hydrogen-bond acceptors (Lipinski definition) is 4. The first-order valence-corrected chi connectivity index (χ1v) is 6.41. The van der Waals surface area contributed by atoms with Crippen LogP contribution in [0.4, 0.5) is 4.79 Å². The number of hydrogen-bond donors (Lipinski definition) is 1. The number of carbonyl (C=O) groups is 1. The lowest BCUT2D eigenvalue weighted by atomic mass is 10.2. The molecular formula is C13H25N3O2. The molecule has 0 heterocycles. The van der Waals surface area contributed by atoms with Crippen molar-refractivity contribution < 1.29 is 9.53 Å². The lowest BCUT2D eigenvalue weighted by molar-refractivity contribution is 0.170. The van der Waals surface area contributed by atoms with Gasteiger partial charge in [-0.05, 0) is 26.7 Å². The maximum atomic E-state index is 10.8. The molecule has 18 heavy (non-hydrogen) atoms. The second kappa shape index (κ2) is 10.6. The molecule has 0 unspecified atom stereocenters. The number of nitrogens with zero attached hydrogens (tertiary/aromatic N) is 2. The molecule has 0 aromatic carbocycles.